The molecule has 0 bridgehead atoms. The van der Waals surface area contributed by atoms with Gasteiger partial charge in [0.25, 0.3) is 0 Å². The quantitative estimate of drug-likeness (QED) is 0.806. The van der Waals surface area contributed by atoms with Crippen molar-refractivity contribution in [2.75, 3.05) is 12.0 Å². The number of thioether (sulfide) groups is 1. The van der Waals surface area contributed by atoms with Crippen LogP contribution in [-0.4, -0.2) is 26.8 Å². The highest BCUT2D eigenvalue weighted by atomic mass is 32.2. The fourth-order valence-corrected chi connectivity index (χ4v) is 2.04. The van der Waals surface area contributed by atoms with Crippen LogP contribution in [0.25, 0.3) is 0 Å². The molecule has 1 atom stereocenters. The molecule has 2 N–H and O–H groups in total. The summed E-state index contributed by atoms with van der Waals surface area (Å²) in [5.74, 6) is 2.97. The van der Waals surface area contributed by atoms with Crippen molar-refractivity contribution in [3.8, 4) is 0 Å². The molecule has 4 nitrogen and oxygen atoms in total. The summed E-state index contributed by atoms with van der Waals surface area (Å²) >= 11 is 1.81. The SMILES string of the molecule is CCCn1c(C)nnc1[C@H](N)CCSC. The standard InChI is InChI=1S/C10H20N4S/c1-4-6-14-8(2)12-13-10(14)9(11)5-7-15-3/h9H,4-7,11H2,1-3H3/t9-/m1/s1. The van der Waals surface area contributed by atoms with Gasteiger partial charge < -0.3 is 10.3 Å². The predicted octanol–water partition coefficient (Wildman–Crippen LogP) is 1.75. The van der Waals surface area contributed by atoms with E-state index < -0.39 is 0 Å². The molecule has 0 saturated carbocycles. The average Bonchev–Trinajstić information content (AvgIpc) is 2.58. The van der Waals surface area contributed by atoms with Crippen LogP contribution in [0.3, 0.4) is 0 Å². The van der Waals surface area contributed by atoms with E-state index in [1.165, 1.54) is 0 Å². The van der Waals surface area contributed by atoms with Gasteiger partial charge in [0.15, 0.2) is 0 Å². The van der Waals surface area contributed by atoms with E-state index in [9.17, 15) is 0 Å². The number of hydrogen-bond donors (Lipinski definition) is 1. The first-order valence-corrected chi connectivity index (χ1v) is 6.74. The number of aryl methyl sites for hydroxylation is 1. The summed E-state index contributed by atoms with van der Waals surface area (Å²) in [7, 11) is 0. The van der Waals surface area contributed by atoms with Crippen LogP contribution in [0.2, 0.25) is 0 Å². The van der Waals surface area contributed by atoms with Crippen LogP contribution in [-0.2, 0) is 6.54 Å². The van der Waals surface area contributed by atoms with Crippen LogP contribution >= 0.6 is 11.8 Å². The summed E-state index contributed by atoms with van der Waals surface area (Å²) < 4.78 is 2.13. The van der Waals surface area contributed by atoms with Crippen molar-refractivity contribution in [1.29, 1.82) is 0 Å². The van der Waals surface area contributed by atoms with Crippen molar-refractivity contribution in [3.05, 3.63) is 11.6 Å². The van der Waals surface area contributed by atoms with E-state index in [0.717, 1.165) is 36.8 Å². The van der Waals surface area contributed by atoms with Gasteiger partial charge in [0.1, 0.15) is 11.6 Å². The molecule has 0 spiro atoms. The van der Waals surface area contributed by atoms with Gasteiger partial charge >= 0.3 is 0 Å². The highest BCUT2D eigenvalue weighted by Crippen LogP contribution is 2.15. The summed E-state index contributed by atoms with van der Waals surface area (Å²) in [5.41, 5.74) is 6.09. The molecular formula is C10H20N4S. The second kappa shape index (κ2) is 6.12. The molecule has 0 aliphatic rings. The minimum Gasteiger partial charge on any atom is -0.321 e. The third kappa shape index (κ3) is 3.21. The Bertz CT molecular complexity index is 298. The molecule has 15 heavy (non-hydrogen) atoms. The van der Waals surface area contributed by atoms with Crippen molar-refractivity contribution < 1.29 is 0 Å². The van der Waals surface area contributed by atoms with E-state index in [0.29, 0.717) is 0 Å². The van der Waals surface area contributed by atoms with Gasteiger partial charge in [0.05, 0.1) is 6.04 Å². The smallest absolute Gasteiger partial charge is 0.150 e. The lowest BCUT2D eigenvalue weighted by Crippen LogP contribution is -2.18. The topological polar surface area (TPSA) is 56.7 Å². The van der Waals surface area contributed by atoms with E-state index in [2.05, 4.69) is 27.9 Å². The molecule has 0 amide bonds. The third-order valence-corrected chi connectivity index (χ3v) is 3.02. The van der Waals surface area contributed by atoms with Gasteiger partial charge in [-0.15, -0.1) is 10.2 Å². The van der Waals surface area contributed by atoms with Gasteiger partial charge in [0, 0.05) is 6.54 Å². The normalized spacial score (nSPS) is 13.1. The highest BCUT2D eigenvalue weighted by molar-refractivity contribution is 7.98. The van der Waals surface area contributed by atoms with E-state index in [4.69, 9.17) is 5.73 Å². The Hall–Kier alpha value is -0.550. The van der Waals surface area contributed by atoms with E-state index in [-0.39, 0.29) is 6.04 Å². The Morgan fingerprint density at radius 1 is 1.47 bits per heavy atom. The Balaban J connectivity index is 2.74. The lowest BCUT2D eigenvalue weighted by molar-refractivity contribution is 0.561. The third-order valence-electron chi connectivity index (χ3n) is 2.38. The van der Waals surface area contributed by atoms with Crippen molar-refractivity contribution in [1.82, 2.24) is 14.8 Å². The Labute approximate surface area is 95.6 Å². The molecule has 0 aromatic carbocycles. The van der Waals surface area contributed by atoms with Crippen molar-refractivity contribution >= 4 is 11.8 Å². The molecular weight excluding hydrogens is 208 g/mol. The zero-order valence-corrected chi connectivity index (χ0v) is 10.5. The molecule has 86 valence electrons. The average molecular weight is 228 g/mol. The Morgan fingerprint density at radius 2 is 2.20 bits per heavy atom. The molecule has 0 unspecified atom stereocenters. The maximum atomic E-state index is 6.09. The summed E-state index contributed by atoms with van der Waals surface area (Å²) in [6.07, 6.45) is 4.14. The van der Waals surface area contributed by atoms with Crippen molar-refractivity contribution in [3.63, 3.8) is 0 Å². The van der Waals surface area contributed by atoms with Gasteiger partial charge in [-0.1, -0.05) is 6.92 Å². The van der Waals surface area contributed by atoms with Crippen LogP contribution in [0.4, 0.5) is 0 Å². The minimum absolute atomic E-state index is 0.0187. The van der Waals surface area contributed by atoms with Crippen LogP contribution in [0.15, 0.2) is 0 Å². The fourth-order valence-electron chi connectivity index (χ4n) is 1.55. The number of aromatic nitrogens is 3. The molecule has 0 fully saturated rings. The second-order valence-electron chi connectivity index (χ2n) is 3.65. The zero-order chi connectivity index (χ0) is 11.3. The molecule has 1 rings (SSSR count). The summed E-state index contributed by atoms with van der Waals surface area (Å²) in [4.78, 5) is 0. The van der Waals surface area contributed by atoms with Gasteiger partial charge in [-0.3, -0.25) is 0 Å². The molecule has 1 aromatic rings. The minimum atomic E-state index is 0.0187. The Kier molecular flexibility index (Phi) is 5.11. The molecule has 0 aliphatic carbocycles. The number of rotatable bonds is 6. The molecule has 0 saturated heterocycles. The number of nitrogens with zero attached hydrogens (tertiary/aromatic N) is 3. The molecule has 0 radical (unpaired) electrons. The molecule has 0 aliphatic heterocycles. The van der Waals surface area contributed by atoms with Gasteiger partial charge in [-0.05, 0) is 31.8 Å². The fraction of sp³-hybridized carbons (Fsp3) is 0.800. The monoisotopic (exact) mass is 228 g/mol. The van der Waals surface area contributed by atoms with Gasteiger partial charge in [-0.2, -0.15) is 11.8 Å². The lowest BCUT2D eigenvalue weighted by Gasteiger charge is -2.12. The van der Waals surface area contributed by atoms with Crippen molar-refractivity contribution in [2.24, 2.45) is 5.73 Å². The lowest BCUT2D eigenvalue weighted by atomic mass is 10.2. The maximum Gasteiger partial charge on any atom is 0.150 e. The number of hydrogen-bond acceptors (Lipinski definition) is 4. The predicted molar refractivity (Wildman–Crippen MR) is 65.0 cm³/mol. The second-order valence-corrected chi connectivity index (χ2v) is 4.63. The molecule has 1 heterocycles. The molecule has 1 aromatic heterocycles. The first kappa shape index (κ1) is 12.5. The zero-order valence-electron chi connectivity index (χ0n) is 9.73. The van der Waals surface area contributed by atoms with Crippen LogP contribution in [0.5, 0.6) is 0 Å². The van der Waals surface area contributed by atoms with Crippen LogP contribution in [0, 0.1) is 6.92 Å². The van der Waals surface area contributed by atoms with Crippen molar-refractivity contribution in [2.45, 2.75) is 39.3 Å². The number of nitrogens with two attached hydrogens (primary N) is 1. The summed E-state index contributed by atoms with van der Waals surface area (Å²) in [6, 6.07) is 0.0187. The van der Waals surface area contributed by atoms with E-state index >= 15 is 0 Å². The first-order valence-electron chi connectivity index (χ1n) is 5.34. The Morgan fingerprint density at radius 3 is 2.80 bits per heavy atom. The first-order chi connectivity index (χ1) is 7.20. The van der Waals surface area contributed by atoms with Crippen LogP contribution in [0.1, 0.15) is 37.5 Å². The van der Waals surface area contributed by atoms with Crippen LogP contribution < -0.4 is 5.73 Å². The molecule has 5 heteroatoms. The van der Waals surface area contributed by atoms with Gasteiger partial charge in [0.2, 0.25) is 0 Å². The summed E-state index contributed by atoms with van der Waals surface area (Å²) in [5, 5.41) is 8.26. The van der Waals surface area contributed by atoms with Gasteiger partial charge in [-0.25, -0.2) is 0 Å². The maximum absolute atomic E-state index is 6.09. The van der Waals surface area contributed by atoms with E-state index in [1.54, 1.807) is 0 Å². The van der Waals surface area contributed by atoms with E-state index in [1.807, 2.05) is 18.7 Å². The summed E-state index contributed by atoms with van der Waals surface area (Å²) in [6.45, 7) is 5.09. The highest BCUT2D eigenvalue weighted by Gasteiger charge is 2.15. The largest absolute Gasteiger partial charge is 0.321 e.